The summed E-state index contributed by atoms with van der Waals surface area (Å²) >= 11 is 0. The lowest BCUT2D eigenvalue weighted by Gasteiger charge is -2.17. The van der Waals surface area contributed by atoms with Gasteiger partial charge in [0.25, 0.3) is 11.8 Å². The van der Waals surface area contributed by atoms with Gasteiger partial charge in [0.2, 0.25) is 5.95 Å². The molecule has 0 saturated carbocycles. The molecular formula is C18H16N6O2. The van der Waals surface area contributed by atoms with Gasteiger partial charge in [-0.3, -0.25) is 19.6 Å². The number of hydrogen-bond acceptors (Lipinski definition) is 5. The minimum Gasteiger partial charge on any atom is -0.364 e. The summed E-state index contributed by atoms with van der Waals surface area (Å²) in [5.74, 6) is -0.645. The molecule has 0 radical (unpaired) electrons. The van der Waals surface area contributed by atoms with Gasteiger partial charge in [-0.25, -0.2) is 9.97 Å². The van der Waals surface area contributed by atoms with Crippen molar-refractivity contribution in [2.45, 2.75) is 12.8 Å². The molecule has 0 saturated heterocycles. The number of aryl methyl sites for hydroxylation is 2. The van der Waals surface area contributed by atoms with E-state index in [4.69, 9.17) is 5.73 Å². The number of amides is 2. The van der Waals surface area contributed by atoms with E-state index in [9.17, 15) is 9.59 Å². The number of hydrogen-bond donors (Lipinski definition) is 2. The molecule has 8 nitrogen and oxygen atoms in total. The summed E-state index contributed by atoms with van der Waals surface area (Å²) in [6.07, 6.45) is 3.03. The summed E-state index contributed by atoms with van der Waals surface area (Å²) in [6.45, 7) is 0. The SMILES string of the molecule is Cn1nc(C(N)=O)c2c1-c1nc(NC(=O)c3ccccc3)ncc1CC2. The van der Waals surface area contributed by atoms with Gasteiger partial charge in [-0.1, -0.05) is 18.2 Å². The molecule has 0 aliphatic heterocycles. The molecule has 4 rings (SSSR count). The van der Waals surface area contributed by atoms with Crippen LogP contribution in [0.1, 0.15) is 32.0 Å². The van der Waals surface area contributed by atoms with Crippen molar-refractivity contribution in [1.29, 1.82) is 0 Å². The van der Waals surface area contributed by atoms with E-state index in [0.29, 0.717) is 24.1 Å². The quantitative estimate of drug-likeness (QED) is 0.741. The first-order chi connectivity index (χ1) is 12.5. The molecule has 3 N–H and O–H groups in total. The lowest BCUT2D eigenvalue weighted by molar-refractivity contribution is 0.0991. The van der Waals surface area contributed by atoms with Crippen molar-refractivity contribution in [2.75, 3.05) is 5.32 Å². The molecule has 0 bridgehead atoms. The minimum absolute atomic E-state index is 0.201. The highest BCUT2D eigenvalue weighted by Crippen LogP contribution is 2.33. The first kappa shape index (κ1) is 15.9. The van der Waals surface area contributed by atoms with Crippen LogP contribution in [0.3, 0.4) is 0 Å². The van der Waals surface area contributed by atoms with Crippen molar-refractivity contribution in [3.05, 3.63) is 58.9 Å². The van der Waals surface area contributed by atoms with Crippen LogP contribution >= 0.6 is 0 Å². The number of aromatic nitrogens is 4. The summed E-state index contributed by atoms with van der Waals surface area (Å²) < 4.78 is 1.60. The highest BCUT2D eigenvalue weighted by atomic mass is 16.2. The van der Waals surface area contributed by atoms with Crippen LogP contribution < -0.4 is 11.1 Å². The number of carbonyl (C=O) groups is 2. The monoisotopic (exact) mass is 348 g/mol. The summed E-state index contributed by atoms with van der Waals surface area (Å²) in [7, 11) is 1.74. The molecule has 130 valence electrons. The third-order valence-corrected chi connectivity index (χ3v) is 4.37. The average molecular weight is 348 g/mol. The van der Waals surface area contributed by atoms with E-state index >= 15 is 0 Å². The number of benzene rings is 1. The maximum absolute atomic E-state index is 12.3. The fraction of sp³-hybridized carbons (Fsp3) is 0.167. The molecule has 2 aromatic heterocycles. The van der Waals surface area contributed by atoms with Crippen molar-refractivity contribution in [3.8, 4) is 11.4 Å². The number of nitrogens with two attached hydrogens (primary N) is 1. The molecule has 1 aromatic carbocycles. The normalized spacial score (nSPS) is 12.2. The second kappa shape index (κ2) is 6.07. The number of carbonyl (C=O) groups excluding carboxylic acids is 2. The van der Waals surface area contributed by atoms with Crippen molar-refractivity contribution in [3.63, 3.8) is 0 Å². The Balaban J connectivity index is 1.72. The fourth-order valence-corrected chi connectivity index (χ4v) is 3.18. The highest BCUT2D eigenvalue weighted by molar-refractivity contribution is 6.03. The van der Waals surface area contributed by atoms with E-state index in [1.54, 1.807) is 42.2 Å². The van der Waals surface area contributed by atoms with Crippen LogP contribution in [0, 0.1) is 0 Å². The first-order valence-electron chi connectivity index (χ1n) is 8.13. The summed E-state index contributed by atoms with van der Waals surface area (Å²) in [4.78, 5) is 32.7. The lowest BCUT2D eigenvalue weighted by atomic mass is 9.93. The van der Waals surface area contributed by atoms with Gasteiger partial charge in [0.15, 0.2) is 5.69 Å². The Labute approximate surface area is 149 Å². The van der Waals surface area contributed by atoms with Gasteiger partial charge >= 0.3 is 0 Å². The second-order valence-electron chi connectivity index (χ2n) is 6.05. The molecule has 2 heterocycles. The van der Waals surface area contributed by atoms with E-state index in [0.717, 1.165) is 16.8 Å². The number of nitrogens with zero attached hydrogens (tertiary/aromatic N) is 4. The zero-order valence-electron chi connectivity index (χ0n) is 14.1. The van der Waals surface area contributed by atoms with Crippen LogP contribution in [0.4, 0.5) is 5.95 Å². The van der Waals surface area contributed by atoms with Crippen LogP contribution in [0.25, 0.3) is 11.4 Å². The highest BCUT2D eigenvalue weighted by Gasteiger charge is 2.28. The van der Waals surface area contributed by atoms with E-state index < -0.39 is 5.91 Å². The zero-order chi connectivity index (χ0) is 18.3. The molecule has 0 fully saturated rings. The van der Waals surface area contributed by atoms with Gasteiger partial charge in [0, 0.05) is 24.4 Å². The van der Waals surface area contributed by atoms with Gasteiger partial charge in [-0.2, -0.15) is 5.10 Å². The van der Waals surface area contributed by atoms with Crippen molar-refractivity contribution >= 4 is 17.8 Å². The Bertz CT molecular complexity index is 1030. The maximum atomic E-state index is 12.3. The first-order valence-corrected chi connectivity index (χ1v) is 8.13. The largest absolute Gasteiger partial charge is 0.364 e. The minimum atomic E-state index is -0.558. The maximum Gasteiger partial charge on any atom is 0.269 e. The third-order valence-electron chi connectivity index (χ3n) is 4.37. The number of fused-ring (bicyclic) bond motifs is 3. The number of rotatable bonds is 3. The number of anilines is 1. The van der Waals surface area contributed by atoms with E-state index in [1.807, 2.05) is 6.07 Å². The van der Waals surface area contributed by atoms with Crippen LogP contribution in [-0.4, -0.2) is 31.6 Å². The summed E-state index contributed by atoms with van der Waals surface area (Å²) in [5.41, 5.74) is 9.33. The third kappa shape index (κ3) is 2.61. The van der Waals surface area contributed by atoms with Crippen molar-refractivity contribution < 1.29 is 9.59 Å². The molecule has 2 amide bonds. The summed E-state index contributed by atoms with van der Waals surface area (Å²) in [5, 5.41) is 6.93. The Kier molecular flexibility index (Phi) is 3.72. The Morgan fingerprint density at radius 1 is 1.19 bits per heavy atom. The van der Waals surface area contributed by atoms with E-state index in [-0.39, 0.29) is 17.5 Å². The Hall–Kier alpha value is -3.55. The zero-order valence-corrected chi connectivity index (χ0v) is 14.1. The van der Waals surface area contributed by atoms with Crippen molar-refractivity contribution in [1.82, 2.24) is 19.7 Å². The van der Waals surface area contributed by atoms with E-state index in [1.165, 1.54) is 0 Å². The van der Waals surface area contributed by atoms with Crippen LogP contribution in [-0.2, 0) is 19.9 Å². The predicted octanol–water partition coefficient (Wildman–Crippen LogP) is 1.33. The topological polar surface area (TPSA) is 116 Å². The van der Waals surface area contributed by atoms with Gasteiger partial charge in [0.05, 0.1) is 11.4 Å². The lowest BCUT2D eigenvalue weighted by Crippen LogP contribution is -2.17. The van der Waals surface area contributed by atoms with Gasteiger partial charge in [0.1, 0.15) is 0 Å². The van der Waals surface area contributed by atoms with Gasteiger partial charge in [-0.05, 0) is 30.5 Å². The van der Waals surface area contributed by atoms with Crippen LogP contribution in [0.5, 0.6) is 0 Å². The molecule has 0 atom stereocenters. The smallest absolute Gasteiger partial charge is 0.269 e. The fourth-order valence-electron chi connectivity index (χ4n) is 3.18. The second-order valence-corrected chi connectivity index (χ2v) is 6.05. The van der Waals surface area contributed by atoms with Gasteiger partial charge in [-0.15, -0.1) is 0 Å². The molecule has 26 heavy (non-hydrogen) atoms. The van der Waals surface area contributed by atoms with Crippen LogP contribution in [0.2, 0.25) is 0 Å². The van der Waals surface area contributed by atoms with Gasteiger partial charge < -0.3 is 5.73 Å². The molecule has 1 aliphatic carbocycles. The molecule has 3 aromatic rings. The standard InChI is InChI=1S/C18H16N6O2/c1-24-15-12(14(23-24)16(19)25)8-7-11-9-20-18(21-13(11)15)22-17(26)10-5-3-2-4-6-10/h2-6,9H,7-8H2,1H3,(H2,19,25)(H,20,21,22,26). The molecule has 0 spiro atoms. The molecule has 1 aliphatic rings. The molecule has 8 heteroatoms. The number of primary amides is 1. The van der Waals surface area contributed by atoms with E-state index in [2.05, 4.69) is 20.4 Å². The van der Waals surface area contributed by atoms with Crippen LogP contribution in [0.15, 0.2) is 36.5 Å². The Morgan fingerprint density at radius 2 is 1.96 bits per heavy atom. The predicted molar refractivity (Wildman–Crippen MR) is 94.6 cm³/mol. The molecular weight excluding hydrogens is 332 g/mol. The molecule has 0 unspecified atom stereocenters. The number of nitrogens with one attached hydrogen (secondary N) is 1. The average Bonchev–Trinajstić information content (AvgIpc) is 3.00. The van der Waals surface area contributed by atoms with Crippen molar-refractivity contribution in [2.24, 2.45) is 12.8 Å². The summed E-state index contributed by atoms with van der Waals surface area (Å²) in [6, 6.07) is 8.84. The Morgan fingerprint density at radius 3 is 2.69 bits per heavy atom.